The molecule has 0 radical (unpaired) electrons. The molecule has 0 fully saturated rings. The Balaban J connectivity index is 1.91. The van der Waals surface area contributed by atoms with Crippen molar-refractivity contribution >= 4 is 27.9 Å². The summed E-state index contributed by atoms with van der Waals surface area (Å²) in [6, 6.07) is 5.38. The molecule has 3 N–H and O–H groups in total. The van der Waals surface area contributed by atoms with Gasteiger partial charge in [-0.1, -0.05) is 31.4 Å². The molecule has 1 aromatic carbocycles. The van der Waals surface area contributed by atoms with Crippen molar-refractivity contribution in [1.82, 2.24) is 9.55 Å². The normalized spacial score (nSPS) is 11.3. The molecule has 0 aliphatic carbocycles. The number of unbranched alkanes of at least 4 members (excludes halogenated alkanes) is 4. The van der Waals surface area contributed by atoms with Crippen molar-refractivity contribution in [2.45, 2.75) is 50.0 Å². The predicted octanol–water partition coefficient (Wildman–Crippen LogP) is 2.81. The molecule has 0 aliphatic rings. The average Bonchev–Trinajstić information content (AvgIpc) is 3.07. The van der Waals surface area contributed by atoms with Gasteiger partial charge in [-0.2, -0.15) is 8.42 Å². The van der Waals surface area contributed by atoms with E-state index in [9.17, 15) is 22.6 Å². The highest BCUT2D eigenvalue weighted by atomic mass is 32.2. The van der Waals surface area contributed by atoms with Crippen LogP contribution < -0.4 is 5.32 Å². The number of hydrogen-bond acceptors (Lipinski definition) is 5. The van der Waals surface area contributed by atoms with Gasteiger partial charge in [0.1, 0.15) is 4.90 Å². The van der Waals surface area contributed by atoms with E-state index in [1.807, 2.05) is 0 Å². The number of aliphatic carboxylic acids is 1. The number of nitrogens with zero attached hydrogens (tertiary/aromatic N) is 2. The number of aryl methyl sites for hydroxylation is 1. The second-order valence-electron chi connectivity index (χ2n) is 6.28. The molecule has 2 rings (SSSR count). The fourth-order valence-electron chi connectivity index (χ4n) is 2.75. The smallest absolute Gasteiger partial charge is 0.303 e. The van der Waals surface area contributed by atoms with E-state index in [-0.39, 0.29) is 17.9 Å². The van der Waals surface area contributed by atoms with Gasteiger partial charge in [-0.3, -0.25) is 19.5 Å². The summed E-state index contributed by atoms with van der Waals surface area (Å²) < 4.78 is 33.9. The lowest BCUT2D eigenvalue weighted by Gasteiger charge is -2.10. The molecule has 9 nitrogen and oxygen atoms in total. The summed E-state index contributed by atoms with van der Waals surface area (Å²) in [5.41, 5.74) is -0.169. The molecule has 1 aromatic heterocycles. The highest BCUT2D eigenvalue weighted by Crippen LogP contribution is 2.17. The van der Waals surface area contributed by atoms with Crippen molar-refractivity contribution < 1.29 is 27.7 Å². The van der Waals surface area contributed by atoms with E-state index in [1.54, 1.807) is 10.8 Å². The lowest BCUT2D eigenvalue weighted by molar-refractivity contribution is -0.137. The zero-order valence-electron chi connectivity index (χ0n) is 15.2. The largest absolute Gasteiger partial charge is 0.481 e. The molecule has 10 heteroatoms. The van der Waals surface area contributed by atoms with Crippen LogP contribution in [0.4, 0.5) is 5.95 Å². The fraction of sp³-hybridized carbons (Fsp3) is 0.389. The third-order valence-electron chi connectivity index (χ3n) is 4.14. The summed E-state index contributed by atoms with van der Waals surface area (Å²) in [5.74, 6) is -1.19. The van der Waals surface area contributed by atoms with E-state index < -0.39 is 26.9 Å². The first-order chi connectivity index (χ1) is 13.3. The number of nitrogens with one attached hydrogen (secondary N) is 1. The molecule has 152 valence electrons. The molecule has 0 bridgehead atoms. The fourth-order valence-corrected chi connectivity index (χ4v) is 3.44. The van der Waals surface area contributed by atoms with Crippen LogP contribution in [0.2, 0.25) is 0 Å². The molecular weight excluding hydrogens is 386 g/mol. The second kappa shape index (κ2) is 10.00. The number of rotatable bonds is 11. The van der Waals surface area contributed by atoms with Gasteiger partial charge in [0, 0.05) is 25.4 Å². The second-order valence-corrected chi connectivity index (χ2v) is 7.67. The molecule has 0 atom stereocenters. The molecule has 1 heterocycles. The molecule has 0 saturated heterocycles. The van der Waals surface area contributed by atoms with E-state index in [4.69, 9.17) is 5.11 Å². The van der Waals surface area contributed by atoms with Crippen molar-refractivity contribution in [2.24, 2.45) is 0 Å². The zero-order valence-corrected chi connectivity index (χ0v) is 16.1. The van der Waals surface area contributed by atoms with Crippen LogP contribution in [0.25, 0.3) is 0 Å². The number of aromatic nitrogens is 2. The van der Waals surface area contributed by atoms with Gasteiger partial charge in [-0.15, -0.1) is 0 Å². The van der Waals surface area contributed by atoms with Crippen LogP contribution in [0.15, 0.2) is 41.6 Å². The Kier molecular flexibility index (Phi) is 7.70. The zero-order chi connectivity index (χ0) is 20.6. The number of anilines is 1. The number of imidazole rings is 1. The Morgan fingerprint density at radius 3 is 2.46 bits per heavy atom. The average molecular weight is 409 g/mol. The molecule has 1 amide bonds. The maximum Gasteiger partial charge on any atom is 0.303 e. The first-order valence-electron chi connectivity index (χ1n) is 8.90. The van der Waals surface area contributed by atoms with Crippen LogP contribution in [0, 0.1) is 0 Å². The van der Waals surface area contributed by atoms with Gasteiger partial charge in [0.05, 0.1) is 5.56 Å². The number of carbonyl (C=O) groups is 2. The number of hydrogen-bond donors (Lipinski definition) is 3. The van der Waals surface area contributed by atoms with Crippen LogP contribution in [0.1, 0.15) is 48.9 Å². The van der Waals surface area contributed by atoms with E-state index in [0.717, 1.165) is 31.7 Å². The first kappa shape index (κ1) is 21.6. The molecule has 0 spiro atoms. The summed E-state index contributed by atoms with van der Waals surface area (Å²) in [5, 5.41) is 11.2. The summed E-state index contributed by atoms with van der Waals surface area (Å²) in [6.45, 7) is 0.606. The van der Waals surface area contributed by atoms with Gasteiger partial charge in [0.15, 0.2) is 0 Å². The van der Waals surface area contributed by atoms with Gasteiger partial charge in [0.2, 0.25) is 5.95 Å². The molecular formula is C18H23N3O6S. The Labute approximate surface area is 163 Å². The molecule has 2 aromatic rings. The Bertz CT molecular complexity index is 923. The van der Waals surface area contributed by atoms with Crippen molar-refractivity contribution in [3.8, 4) is 0 Å². The number of carboxylic acid groups (broad SMARTS) is 1. The summed E-state index contributed by atoms with van der Waals surface area (Å²) in [4.78, 5) is 26.5. The number of amides is 1. The van der Waals surface area contributed by atoms with Crippen LogP contribution in [0.3, 0.4) is 0 Å². The molecule has 0 aliphatic heterocycles. The number of benzene rings is 1. The molecule has 0 unspecified atom stereocenters. The van der Waals surface area contributed by atoms with Crippen molar-refractivity contribution in [3.05, 3.63) is 42.2 Å². The standard InChI is InChI=1S/C18H23N3O6S/c22-16(23)10-4-2-1-3-7-12-21-13-11-19-18(21)20-17(24)14-8-5-6-9-15(14)28(25,26)27/h5-6,8-9,11,13H,1-4,7,10,12H2,(H,22,23)(H,19,20,24)(H,25,26,27). The van der Waals surface area contributed by atoms with E-state index in [1.165, 1.54) is 24.4 Å². The van der Waals surface area contributed by atoms with Crippen molar-refractivity contribution in [3.63, 3.8) is 0 Å². The SMILES string of the molecule is O=C(O)CCCCCCCn1ccnc1NC(=O)c1ccccc1S(=O)(=O)O. The predicted molar refractivity (Wildman–Crippen MR) is 102 cm³/mol. The van der Waals surface area contributed by atoms with Crippen molar-refractivity contribution in [1.29, 1.82) is 0 Å². The van der Waals surface area contributed by atoms with E-state index in [0.29, 0.717) is 13.0 Å². The van der Waals surface area contributed by atoms with Gasteiger partial charge < -0.3 is 9.67 Å². The summed E-state index contributed by atoms with van der Waals surface area (Å²) in [6.07, 6.45) is 7.59. The maximum atomic E-state index is 12.4. The third kappa shape index (κ3) is 6.46. The maximum absolute atomic E-state index is 12.4. The first-order valence-corrected chi connectivity index (χ1v) is 10.3. The van der Waals surface area contributed by atoms with Crippen LogP contribution in [0.5, 0.6) is 0 Å². The van der Waals surface area contributed by atoms with E-state index >= 15 is 0 Å². The van der Waals surface area contributed by atoms with Crippen LogP contribution in [-0.2, 0) is 21.5 Å². The Morgan fingerprint density at radius 2 is 1.75 bits per heavy atom. The minimum atomic E-state index is -4.52. The van der Waals surface area contributed by atoms with Crippen molar-refractivity contribution in [2.75, 3.05) is 5.32 Å². The molecule has 28 heavy (non-hydrogen) atoms. The minimum absolute atomic E-state index is 0.169. The topological polar surface area (TPSA) is 139 Å². The monoisotopic (exact) mass is 409 g/mol. The quantitative estimate of drug-likeness (QED) is 0.383. The Hall–Kier alpha value is -2.72. The number of carbonyl (C=O) groups excluding carboxylic acids is 1. The highest BCUT2D eigenvalue weighted by Gasteiger charge is 2.20. The van der Waals surface area contributed by atoms with Gasteiger partial charge in [-0.05, 0) is 25.0 Å². The third-order valence-corrected chi connectivity index (χ3v) is 5.05. The van der Waals surface area contributed by atoms with Gasteiger partial charge in [0.25, 0.3) is 16.0 Å². The molecule has 0 saturated carbocycles. The highest BCUT2D eigenvalue weighted by molar-refractivity contribution is 7.86. The lowest BCUT2D eigenvalue weighted by Crippen LogP contribution is -2.19. The van der Waals surface area contributed by atoms with Gasteiger partial charge >= 0.3 is 5.97 Å². The van der Waals surface area contributed by atoms with Crippen LogP contribution >= 0.6 is 0 Å². The minimum Gasteiger partial charge on any atom is -0.481 e. The Morgan fingerprint density at radius 1 is 1.07 bits per heavy atom. The van der Waals surface area contributed by atoms with Crippen LogP contribution in [-0.4, -0.2) is 39.5 Å². The van der Waals surface area contributed by atoms with E-state index in [2.05, 4.69) is 10.3 Å². The summed E-state index contributed by atoms with van der Waals surface area (Å²) >= 11 is 0. The number of carboxylic acids is 1. The van der Waals surface area contributed by atoms with Gasteiger partial charge in [-0.25, -0.2) is 4.98 Å². The lowest BCUT2D eigenvalue weighted by atomic mass is 10.1. The summed E-state index contributed by atoms with van der Waals surface area (Å²) in [7, 11) is -4.52.